The van der Waals surface area contributed by atoms with Crippen molar-refractivity contribution in [2.24, 2.45) is 0 Å². The molecule has 5 aromatic heterocycles. The van der Waals surface area contributed by atoms with Crippen LogP contribution in [0.5, 0.6) is 11.5 Å². The van der Waals surface area contributed by atoms with E-state index in [9.17, 15) is 19.2 Å². The Morgan fingerprint density at radius 1 is 0.852 bits per heavy atom. The molecule has 1 amide bonds. The fourth-order valence-corrected chi connectivity index (χ4v) is 6.34. The minimum absolute atomic E-state index is 0.0000973. The van der Waals surface area contributed by atoms with E-state index in [1.54, 1.807) is 21.7 Å². The Morgan fingerprint density at radius 3 is 2.06 bits per heavy atom. The number of ether oxygens (including phenoxy) is 3. The van der Waals surface area contributed by atoms with Crippen LogP contribution < -0.4 is 20.6 Å². The normalized spacial score (nSPS) is 14.7. The Morgan fingerprint density at radius 2 is 1.44 bits per heavy atom. The topological polar surface area (TPSA) is 177 Å². The molecular weight excluding hydrogens is 694 g/mol. The smallest absolute Gasteiger partial charge is 0.410 e. The Labute approximate surface area is 311 Å². The second kappa shape index (κ2) is 16.5. The second-order valence-corrected chi connectivity index (χ2v) is 14.2. The summed E-state index contributed by atoms with van der Waals surface area (Å²) in [6, 6.07) is 9.21. The number of aryl methyl sites for hydroxylation is 2. The lowest BCUT2D eigenvalue weighted by Gasteiger charge is -2.39. The molecule has 0 aliphatic carbocycles. The first kappa shape index (κ1) is 38.0. The van der Waals surface area contributed by atoms with Gasteiger partial charge >= 0.3 is 6.09 Å². The summed E-state index contributed by atoms with van der Waals surface area (Å²) in [5.41, 5.74) is 3.67. The maximum atomic E-state index is 13.3. The van der Waals surface area contributed by atoms with Gasteiger partial charge in [0.2, 0.25) is 0 Å². The summed E-state index contributed by atoms with van der Waals surface area (Å²) in [4.78, 5) is 73.3. The van der Waals surface area contributed by atoms with Crippen molar-refractivity contribution in [3.8, 4) is 11.5 Å². The average Bonchev–Trinajstić information content (AvgIpc) is 3.14. The van der Waals surface area contributed by atoms with E-state index in [2.05, 4.69) is 29.8 Å². The summed E-state index contributed by atoms with van der Waals surface area (Å²) >= 11 is 0. The van der Waals surface area contributed by atoms with Crippen LogP contribution in [-0.2, 0) is 29.2 Å². The average molecular weight is 740 g/mol. The predicted molar refractivity (Wildman–Crippen MR) is 200 cm³/mol. The minimum atomic E-state index is -0.608. The molecule has 7 heterocycles. The van der Waals surface area contributed by atoms with Crippen LogP contribution in [0.4, 0.5) is 4.79 Å². The number of hydrogen-bond acceptors (Lipinski definition) is 13. The number of aromatic nitrogens is 7. The van der Waals surface area contributed by atoms with Crippen molar-refractivity contribution in [2.45, 2.75) is 78.7 Å². The lowest BCUT2D eigenvalue weighted by molar-refractivity contribution is -0.108. The molecular formula is C38H45N9O7. The molecule has 1 saturated heterocycles. The Hall–Kier alpha value is -5.77. The van der Waals surface area contributed by atoms with Gasteiger partial charge in [-0.15, -0.1) is 0 Å². The summed E-state index contributed by atoms with van der Waals surface area (Å²) in [7, 11) is 0. The van der Waals surface area contributed by atoms with Gasteiger partial charge in [-0.05, 0) is 71.7 Å². The minimum Gasteiger partial charge on any atom is -0.486 e. The highest BCUT2D eigenvalue weighted by Crippen LogP contribution is 2.30. The van der Waals surface area contributed by atoms with Gasteiger partial charge in [-0.25, -0.2) is 24.7 Å². The zero-order valence-corrected chi connectivity index (χ0v) is 31.2. The predicted octanol–water partition coefficient (Wildman–Crippen LogP) is 3.47. The maximum absolute atomic E-state index is 13.3. The molecule has 0 atom stereocenters. The van der Waals surface area contributed by atoms with Crippen LogP contribution in [0.25, 0.3) is 22.3 Å². The molecule has 0 radical (unpaired) electrons. The molecule has 0 spiro atoms. The highest BCUT2D eigenvalue weighted by Gasteiger charge is 2.32. The SMILES string of the molecule is Cc1ccc2ncc(=O)n(CC=O)c2n1.Cc1ccc2ncc(=O)n(CCN3CCC(N(Cc4cc5c(cn4)OCCO5)C(=O)OC(C)(C)C)CC3)c2n1. The van der Waals surface area contributed by atoms with Crippen molar-refractivity contribution >= 4 is 34.7 Å². The van der Waals surface area contributed by atoms with Crippen molar-refractivity contribution in [1.29, 1.82) is 0 Å². The van der Waals surface area contributed by atoms with Crippen LogP contribution >= 0.6 is 0 Å². The van der Waals surface area contributed by atoms with E-state index in [-0.39, 0.29) is 29.8 Å². The number of rotatable bonds is 8. The van der Waals surface area contributed by atoms with Gasteiger partial charge in [-0.1, -0.05) is 0 Å². The Kier molecular flexibility index (Phi) is 11.6. The molecule has 2 aliphatic rings. The molecule has 54 heavy (non-hydrogen) atoms. The summed E-state index contributed by atoms with van der Waals surface area (Å²) in [5, 5.41) is 0. The number of likely N-dealkylation sites (tertiary alicyclic amines) is 1. The monoisotopic (exact) mass is 739 g/mol. The third kappa shape index (κ3) is 9.23. The molecule has 16 nitrogen and oxygen atoms in total. The van der Waals surface area contributed by atoms with Crippen molar-refractivity contribution in [2.75, 3.05) is 32.8 Å². The molecule has 0 saturated carbocycles. The van der Waals surface area contributed by atoms with E-state index in [0.29, 0.717) is 73.0 Å². The third-order valence-electron chi connectivity index (χ3n) is 9.00. The van der Waals surface area contributed by atoms with E-state index in [0.717, 1.165) is 43.0 Å². The van der Waals surface area contributed by atoms with Gasteiger partial charge < -0.3 is 23.9 Å². The second-order valence-electron chi connectivity index (χ2n) is 14.2. The van der Waals surface area contributed by atoms with Crippen LogP contribution in [0, 0.1) is 13.8 Å². The number of fused-ring (bicyclic) bond motifs is 3. The molecule has 1 fully saturated rings. The van der Waals surface area contributed by atoms with Crippen LogP contribution in [0.2, 0.25) is 0 Å². The van der Waals surface area contributed by atoms with Gasteiger partial charge in [0.15, 0.2) is 22.8 Å². The number of pyridine rings is 3. The first-order chi connectivity index (χ1) is 25.9. The van der Waals surface area contributed by atoms with E-state index in [1.807, 2.05) is 58.9 Å². The van der Waals surface area contributed by atoms with Crippen LogP contribution in [0.15, 0.2) is 58.5 Å². The quantitative estimate of drug-likeness (QED) is 0.212. The van der Waals surface area contributed by atoms with Crippen LogP contribution in [-0.4, -0.2) is 101 Å². The van der Waals surface area contributed by atoms with E-state index in [1.165, 1.54) is 17.0 Å². The first-order valence-corrected chi connectivity index (χ1v) is 17.9. The standard InChI is InChI=1S/C28H36N6O5.C10H9N3O2/c1-19-5-6-22-26(31-19)33(25(35)17-30-22)12-11-32-9-7-21(8-10-32)34(27(36)39-28(2,3)4)18-20-15-23-24(16-29-20)38-14-13-37-23;1-7-2-3-8-10(12-7)13(4-5-14)9(15)6-11-8/h5-6,15-17,21H,7-14,18H2,1-4H3;2-3,5-6H,4H2,1H3. The highest BCUT2D eigenvalue weighted by molar-refractivity contribution is 5.71. The third-order valence-corrected chi connectivity index (χ3v) is 9.00. The van der Waals surface area contributed by atoms with Gasteiger partial charge in [-0.2, -0.15) is 0 Å². The van der Waals surface area contributed by atoms with Gasteiger partial charge in [0.25, 0.3) is 11.1 Å². The van der Waals surface area contributed by atoms with Gasteiger partial charge in [0.05, 0.1) is 37.4 Å². The number of amides is 1. The van der Waals surface area contributed by atoms with Crippen LogP contribution in [0.3, 0.4) is 0 Å². The van der Waals surface area contributed by atoms with E-state index < -0.39 is 5.60 Å². The molecule has 5 aromatic rings. The summed E-state index contributed by atoms with van der Waals surface area (Å²) in [6.45, 7) is 13.5. The number of nitrogens with zero attached hydrogens (tertiary/aromatic N) is 9. The maximum Gasteiger partial charge on any atom is 0.410 e. The zero-order valence-electron chi connectivity index (χ0n) is 31.2. The number of carbonyl (C=O) groups excluding carboxylic acids is 2. The van der Waals surface area contributed by atoms with Gasteiger partial charge in [-0.3, -0.25) is 28.6 Å². The summed E-state index contributed by atoms with van der Waals surface area (Å²) < 4.78 is 20.1. The van der Waals surface area contributed by atoms with Gasteiger partial charge in [0, 0.05) is 49.7 Å². The molecule has 0 unspecified atom stereocenters. The van der Waals surface area contributed by atoms with Crippen molar-refractivity contribution in [3.05, 3.63) is 86.7 Å². The highest BCUT2D eigenvalue weighted by atomic mass is 16.6. The molecule has 7 rings (SSSR count). The van der Waals surface area contributed by atoms with E-state index >= 15 is 0 Å². The van der Waals surface area contributed by atoms with Crippen molar-refractivity contribution in [3.63, 3.8) is 0 Å². The largest absolute Gasteiger partial charge is 0.486 e. The summed E-state index contributed by atoms with van der Waals surface area (Å²) in [6.07, 6.45) is 6.10. The number of piperidine rings is 1. The number of aldehydes is 1. The molecule has 0 N–H and O–H groups in total. The molecule has 0 aromatic carbocycles. The number of hydrogen-bond donors (Lipinski definition) is 0. The van der Waals surface area contributed by atoms with Crippen molar-refractivity contribution < 1.29 is 23.8 Å². The molecule has 0 bridgehead atoms. The molecule has 2 aliphatic heterocycles. The Balaban J connectivity index is 0.000000276. The van der Waals surface area contributed by atoms with E-state index in [4.69, 9.17) is 14.2 Å². The Bertz CT molecular complexity index is 2260. The lowest BCUT2D eigenvalue weighted by Crippen LogP contribution is -2.49. The van der Waals surface area contributed by atoms with Gasteiger partial charge in [0.1, 0.15) is 36.1 Å². The van der Waals surface area contributed by atoms with Crippen LogP contribution in [0.1, 0.15) is 50.7 Å². The number of carbonyl (C=O) groups is 2. The van der Waals surface area contributed by atoms with Crippen molar-refractivity contribution in [1.82, 2.24) is 43.9 Å². The zero-order chi connectivity index (χ0) is 38.4. The molecule has 16 heteroatoms. The fraction of sp³-hybridized carbons (Fsp3) is 0.447. The first-order valence-electron chi connectivity index (χ1n) is 17.9. The summed E-state index contributed by atoms with van der Waals surface area (Å²) in [5.74, 6) is 1.27. The molecule has 284 valence electrons. The fourth-order valence-electron chi connectivity index (χ4n) is 6.34. The lowest BCUT2D eigenvalue weighted by atomic mass is 10.0.